The summed E-state index contributed by atoms with van der Waals surface area (Å²) < 4.78 is 33.2. The Balaban J connectivity index is 1.73. The highest BCUT2D eigenvalue weighted by Gasteiger charge is 2.25. The standard InChI is InChI=1S/C23H25N3O5S2/c1-3-26(17-8-5-4-6-9-17)33(29,30)18-11-12-20(31-2)19(16-18)25-22(27)13-14-24-23(28)21-10-7-15-32-21/h4-12,15-16H,3,13-14H2,1-2H3,(H,24,28)(H,25,27). The zero-order chi connectivity index (χ0) is 23.8. The number of carbonyl (C=O) groups excluding carboxylic acids is 2. The number of hydrogen-bond donors (Lipinski definition) is 2. The molecule has 0 atom stereocenters. The van der Waals surface area contributed by atoms with Crippen LogP contribution in [0.15, 0.2) is 70.9 Å². The SMILES string of the molecule is CCN(c1ccccc1)S(=O)(=O)c1ccc(OC)c(NC(=O)CCNC(=O)c2cccs2)c1. The Bertz CT molecular complexity index is 1200. The molecule has 0 aliphatic heterocycles. The van der Waals surface area contributed by atoms with E-state index in [0.717, 1.165) is 0 Å². The second kappa shape index (κ2) is 11.0. The highest BCUT2D eigenvalue weighted by atomic mass is 32.2. The number of para-hydroxylation sites is 1. The van der Waals surface area contributed by atoms with Crippen LogP contribution in [0.2, 0.25) is 0 Å². The number of hydrogen-bond acceptors (Lipinski definition) is 6. The molecule has 1 heterocycles. The van der Waals surface area contributed by atoms with Crippen molar-refractivity contribution in [1.29, 1.82) is 0 Å². The smallest absolute Gasteiger partial charge is 0.264 e. The van der Waals surface area contributed by atoms with Crippen LogP contribution >= 0.6 is 11.3 Å². The molecule has 33 heavy (non-hydrogen) atoms. The van der Waals surface area contributed by atoms with E-state index in [0.29, 0.717) is 16.3 Å². The summed E-state index contributed by atoms with van der Waals surface area (Å²) in [7, 11) is -2.44. The number of ether oxygens (including phenoxy) is 1. The molecule has 0 fully saturated rings. The van der Waals surface area contributed by atoms with Crippen molar-refractivity contribution in [1.82, 2.24) is 5.32 Å². The lowest BCUT2D eigenvalue weighted by molar-refractivity contribution is -0.116. The van der Waals surface area contributed by atoms with E-state index in [1.807, 2.05) is 6.07 Å². The summed E-state index contributed by atoms with van der Waals surface area (Å²) in [4.78, 5) is 25.0. The summed E-state index contributed by atoms with van der Waals surface area (Å²) in [6.07, 6.45) is 0.0162. The van der Waals surface area contributed by atoms with Gasteiger partial charge in [-0.25, -0.2) is 8.42 Å². The van der Waals surface area contributed by atoms with E-state index in [9.17, 15) is 18.0 Å². The molecule has 8 nitrogen and oxygen atoms in total. The maximum absolute atomic E-state index is 13.3. The third kappa shape index (κ3) is 5.91. The third-order valence-electron chi connectivity index (χ3n) is 4.75. The predicted molar refractivity (Wildman–Crippen MR) is 130 cm³/mol. The minimum absolute atomic E-state index is 0.0162. The Morgan fingerprint density at radius 3 is 2.45 bits per heavy atom. The molecule has 0 saturated carbocycles. The first kappa shape index (κ1) is 24.3. The molecule has 1 aromatic heterocycles. The number of thiophene rings is 1. The molecule has 10 heteroatoms. The van der Waals surface area contributed by atoms with E-state index in [4.69, 9.17) is 4.74 Å². The van der Waals surface area contributed by atoms with Gasteiger partial charge in [0.15, 0.2) is 0 Å². The van der Waals surface area contributed by atoms with Crippen molar-refractivity contribution in [2.24, 2.45) is 0 Å². The lowest BCUT2D eigenvalue weighted by atomic mass is 10.2. The average molecular weight is 488 g/mol. The molecular weight excluding hydrogens is 462 g/mol. The molecule has 0 unspecified atom stereocenters. The monoisotopic (exact) mass is 487 g/mol. The van der Waals surface area contributed by atoms with Crippen molar-refractivity contribution < 1.29 is 22.7 Å². The molecule has 0 aliphatic rings. The normalized spacial score (nSPS) is 11.0. The number of rotatable bonds is 10. The molecule has 3 rings (SSSR count). The minimum Gasteiger partial charge on any atom is -0.495 e. The lowest BCUT2D eigenvalue weighted by Gasteiger charge is -2.23. The van der Waals surface area contributed by atoms with Crippen molar-refractivity contribution >= 4 is 44.5 Å². The van der Waals surface area contributed by atoms with Gasteiger partial charge >= 0.3 is 0 Å². The van der Waals surface area contributed by atoms with E-state index in [1.54, 1.807) is 48.7 Å². The summed E-state index contributed by atoms with van der Waals surface area (Å²) in [6, 6.07) is 16.6. The fraction of sp³-hybridized carbons (Fsp3) is 0.217. The molecule has 0 aliphatic carbocycles. The van der Waals surface area contributed by atoms with E-state index < -0.39 is 10.0 Å². The van der Waals surface area contributed by atoms with Crippen molar-refractivity contribution in [3.8, 4) is 5.75 Å². The van der Waals surface area contributed by atoms with E-state index in [2.05, 4.69) is 10.6 Å². The van der Waals surface area contributed by atoms with Gasteiger partial charge in [0.1, 0.15) is 5.75 Å². The second-order valence-corrected chi connectivity index (χ2v) is 9.71. The van der Waals surface area contributed by atoms with Gasteiger partial charge in [-0.2, -0.15) is 0 Å². The minimum atomic E-state index is -3.87. The average Bonchev–Trinajstić information content (AvgIpc) is 3.35. The first-order chi connectivity index (χ1) is 15.9. The Kier molecular flexibility index (Phi) is 8.07. The zero-order valence-corrected chi connectivity index (χ0v) is 19.9. The quantitative estimate of drug-likeness (QED) is 0.453. The molecule has 2 N–H and O–H groups in total. The van der Waals surface area contributed by atoms with E-state index in [-0.39, 0.29) is 41.9 Å². The molecule has 0 bridgehead atoms. The molecular formula is C23H25N3O5S2. The number of nitrogens with zero attached hydrogens (tertiary/aromatic N) is 1. The summed E-state index contributed by atoms with van der Waals surface area (Å²) in [6.45, 7) is 2.13. The number of nitrogens with one attached hydrogen (secondary N) is 2. The van der Waals surface area contributed by atoms with Crippen molar-refractivity contribution in [2.75, 3.05) is 29.8 Å². The van der Waals surface area contributed by atoms with Gasteiger partial charge in [0, 0.05) is 19.5 Å². The number of carbonyl (C=O) groups is 2. The number of sulfonamides is 1. The largest absolute Gasteiger partial charge is 0.495 e. The molecule has 174 valence electrons. The van der Waals surface area contributed by atoms with Crippen LogP contribution < -0.4 is 19.7 Å². The summed E-state index contributed by atoms with van der Waals surface area (Å²) >= 11 is 1.31. The van der Waals surface area contributed by atoms with Gasteiger partial charge in [-0.1, -0.05) is 24.3 Å². The van der Waals surface area contributed by atoms with Gasteiger partial charge < -0.3 is 15.4 Å². The maximum Gasteiger partial charge on any atom is 0.264 e. The van der Waals surface area contributed by atoms with Crippen LogP contribution in [0, 0.1) is 0 Å². The van der Waals surface area contributed by atoms with Gasteiger partial charge in [0.05, 0.1) is 28.3 Å². The maximum atomic E-state index is 13.3. The second-order valence-electron chi connectivity index (χ2n) is 6.90. The Morgan fingerprint density at radius 2 is 1.82 bits per heavy atom. The Morgan fingerprint density at radius 1 is 1.06 bits per heavy atom. The molecule has 0 saturated heterocycles. The number of amides is 2. The van der Waals surface area contributed by atoms with Gasteiger partial charge in [0.2, 0.25) is 5.91 Å². The van der Waals surface area contributed by atoms with Gasteiger partial charge in [-0.05, 0) is 48.7 Å². The predicted octanol–water partition coefficient (Wildman–Crippen LogP) is 3.73. The first-order valence-corrected chi connectivity index (χ1v) is 12.6. The van der Waals surface area contributed by atoms with Crippen LogP contribution in [0.3, 0.4) is 0 Å². The number of anilines is 2. The Labute approximate surface area is 197 Å². The summed E-state index contributed by atoms with van der Waals surface area (Å²) in [5, 5.41) is 7.17. The van der Waals surface area contributed by atoms with Crippen molar-refractivity contribution in [2.45, 2.75) is 18.2 Å². The molecule has 0 spiro atoms. The highest BCUT2D eigenvalue weighted by molar-refractivity contribution is 7.92. The Hall–Kier alpha value is -3.37. The fourth-order valence-corrected chi connectivity index (χ4v) is 5.30. The molecule has 2 amide bonds. The highest BCUT2D eigenvalue weighted by Crippen LogP contribution is 2.30. The van der Waals surface area contributed by atoms with Crippen LogP contribution in [-0.2, 0) is 14.8 Å². The van der Waals surface area contributed by atoms with Crippen molar-refractivity contribution in [3.63, 3.8) is 0 Å². The van der Waals surface area contributed by atoms with Gasteiger partial charge in [-0.3, -0.25) is 13.9 Å². The molecule has 2 aromatic carbocycles. The van der Waals surface area contributed by atoms with Gasteiger partial charge in [-0.15, -0.1) is 11.3 Å². The number of benzene rings is 2. The molecule has 3 aromatic rings. The van der Waals surface area contributed by atoms with Crippen LogP contribution in [0.4, 0.5) is 11.4 Å². The van der Waals surface area contributed by atoms with Gasteiger partial charge in [0.25, 0.3) is 15.9 Å². The summed E-state index contributed by atoms with van der Waals surface area (Å²) in [5.41, 5.74) is 0.778. The first-order valence-electron chi connectivity index (χ1n) is 10.2. The number of methoxy groups -OCH3 is 1. The lowest BCUT2D eigenvalue weighted by Crippen LogP contribution is -2.31. The van der Waals surface area contributed by atoms with Crippen LogP contribution in [0.5, 0.6) is 5.75 Å². The fourth-order valence-electron chi connectivity index (χ4n) is 3.16. The van der Waals surface area contributed by atoms with E-state index >= 15 is 0 Å². The topological polar surface area (TPSA) is 105 Å². The van der Waals surface area contributed by atoms with Crippen LogP contribution in [-0.4, -0.2) is 40.4 Å². The third-order valence-corrected chi connectivity index (χ3v) is 7.51. The van der Waals surface area contributed by atoms with Crippen molar-refractivity contribution in [3.05, 3.63) is 70.9 Å². The zero-order valence-electron chi connectivity index (χ0n) is 18.3. The van der Waals surface area contributed by atoms with E-state index in [1.165, 1.54) is 41.0 Å². The molecule has 0 radical (unpaired) electrons. The summed E-state index contributed by atoms with van der Waals surface area (Å²) in [5.74, 6) is -0.304. The van der Waals surface area contributed by atoms with Crippen LogP contribution in [0.1, 0.15) is 23.0 Å². The van der Waals surface area contributed by atoms with Crippen LogP contribution in [0.25, 0.3) is 0 Å².